The van der Waals surface area contributed by atoms with Gasteiger partial charge in [0.05, 0.1) is 24.4 Å². The van der Waals surface area contributed by atoms with Crippen LogP contribution in [0.3, 0.4) is 0 Å². The first-order chi connectivity index (χ1) is 13.5. The molecule has 8 saturated carbocycles. The molecule has 0 aromatic rings. The maximum absolute atomic E-state index is 6.66. The molecule has 8 rings (SSSR count). The van der Waals surface area contributed by atoms with Crippen molar-refractivity contribution in [1.29, 1.82) is 0 Å². The molecule has 2 heteroatoms. The standard InChI is InChI=1S/C26H38O2/c1-3-5-27-25-14-22-13-24(16-25,17-26(15-22,18-25)28-6-4-2)23-10-19-7-20(11-23)9-21(8-19)12-23/h3-4,19-22H,1-2,5-18H2. The van der Waals surface area contributed by atoms with Crippen molar-refractivity contribution < 1.29 is 9.47 Å². The fourth-order valence-corrected chi connectivity index (χ4v) is 10.4. The maximum Gasteiger partial charge on any atom is 0.0722 e. The van der Waals surface area contributed by atoms with Crippen LogP contribution < -0.4 is 0 Å². The summed E-state index contributed by atoms with van der Waals surface area (Å²) in [4.78, 5) is 0. The Labute approximate surface area is 171 Å². The largest absolute Gasteiger partial charge is 0.371 e. The molecule has 28 heavy (non-hydrogen) atoms. The molecule has 8 aliphatic carbocycles. The second-order valence-corrected chi connectivity index (χ2v) is 12.1. The molecule has 0 saturated heterocycles. The smallest absolute Gasteiger partial charge is 0.0722 e. The molecule has 0 N–H and O–H groups in total. The zero-order valence-electron chi connectivity index (χ0n) is 17.6. The molecule has 0 heterocycles. The van der Waals surface area contributed by atoms with Gasteiger partial charge >= 0.3 is 0 Å². The average Bonchev–Trinajstić information content (AvgIpc) is 2.63. The summed E-state index contributed by atoms with van der Waals surface area (Å²) >= 11 is 0. The van der Waals surface area contributed by atoms with E-state index in [9.17, 15) is 0 Å². The van der Waals surface area contributed by atoms with Gasteiger partial charge in [-0.1, -0.05) is 12.2 Å². The number of rotatable bonds is 7. The Bertz CT molecular complexity index is 615. The normalized spacial score (nSPS) is 55.6. The Morgan fingerprint density at radius 2 is 1.07 bits per heavy atom. The molecule has 8 bridgehead atoms. The molecule has 0 spiro atoms. The molecule has 0 aliphatic heterocycles. The highest BCUT2D eigenvalue weighted by atomic mass is 16.5. The van der Waals surface area contributed by atoms with Gasteiger partial charge in [-0.2, -0.15) is 0 Å². The second-order valence-electron chi connectivity index (χ2n) is 12.1. The Morgan fingerprint density at radius 3 is 1.54 bits per heavy atom. The lowest BCUT2D eigenvalue weighted by Gasteiger charge is -2.74. The van der Waals surface area contributed by atoms with Crippen LogP contribution >= 0.6 is 0 Å². The van der Waals surface area contributed by atoms with Crippen LogP contribution in [0.5, 0.6) is 0 Å². The minimum atomic E-state index is 0.0398. The zero-order valence-corrected chi connectivity index (χ0v) is 17.6. The second kappa shape index (κ2) is 5.97. The van der Waals surface area contributed by atoms with Gasteiger partial charge in [0.2, 0.25) is 0 Å². The quantitative estimate of drug-likeness (QED) is 0.498. The van der Waals surface area contributed by atoms with Crippen molar-refractivity contribution in [2.24, 2.45) is 34.5 Å². The van der Waals surface area contributed by atoms with Crippen molar-refractivity contribution in [2.45, 2.75) is 88.3 Å². The predicted molar refractivity (Wildman–Crippen MR) is 112 cm³/mol. The summed E-state index contributed by atoms with van der Waals surface area (Å²) in [5.41, 5.74) is 1.13. The molecule has 0 amide bonds. The van der Waals surface area contributed by atoms with E-state index >= 15 is 0 Å². The molecule has 8 aliphatic rings. The molecule has 2 nitrogen and oxygen atoms in total. The van der Waals surface area contributed by atoms with Gasteiger partial charge in [0.1, 0.15) is 0 Å². The molecular formula is C26H38O2. The van der Waals surface area contributed by atoms with E-state index < -0.39 is 0 Å². The monoisotopic (exact) mass is 382 g/mol. The summed E-state index contributed by atoms with van der Waals surface area (Å²) in [5, 5.41) is 0. The summed E-state index contributed by atoms with van der Waals surface area (Å²) < 4.78 is 13.3. The fourth-order valence-electron chi connectivity index (χ4n) is 10.4. The van der Waals surface area contributed by atoms with Gasteiger partial charge < -0.3 is 9.47 Å². The van der Waals surface area contributed by atoms with Crippen LogP contribution in [0.15, 0.2) is 25.3 Å². The van der Waals surface area contributed by atoms with Gasteiger partial charge in [0.15, 0.2) is 0 Å². The summed E-state index contributed by atoms with van der Waals surface area (Å²) in [7, 11) is 0. The minimum Gasteiger partial charge on any atom is -0.371 e. The summed E-state index contributed by atoms with van der Waals surface area (Å²) in [6.07, 6.45) is 20.7. The summed E-state index contributed by atoms with van der Waals surface area (Å²) in [6.45, 7) is 9.29. The lowest BCUT2D eigenvalue weighted by atomic mass is 9.33. The Balaban J connectivity index is 1.40. The van der Waals surface area contributed by atoms with Gasteiger partial charge in [-0.15, -0.1) is 13.2 Å². The number of ether oxygens (including phenoxy) is 2. The van der Waals surface area contributed by atoms with Gasteiger partial charge in [0, 0.05) is 6.42 Å². The molecule has 0 radical (unpaired) electrons. The molecule has 0 aromatic heterocycles. The van der Waals surface area contributed by atoms with E-state index in [-0.39, 0.29) is 11.2 Å². The van der Waals surface area contributed by atoms with Crippen LogP contribution in [0, 0.1) is 34.5 Å². The van der Waals surface area contributed by atoms with Crippen LogP contribution in [0.2, 0.25) is 0 Å². The van der Waals surface area contributed by atoms with E-state index in [4.69, 9.17) is 9.47 Å². The predicted octanol–water partition coefficient (Wildman–Crippen LogP) is 6.07. The van der Waals surface area contributed by atoms with Crippen molar-refractivity contribution in [3.63, 3.8) is 0 Å². The lowest BCUT2D eigenvalue weighted by molar-refractivity contribution is -0.298. The third kappa shape index (κ3) is 2.46. The van der Waals surface area contributed by atoms with Gasteiger partial charge in [-0.3, -0.25) is 0 Å². The first kappa shape index (κ1) is 18.2. The highest BCUT2D eigenvalue weighted by Gasteiger charge is 2.71. The first-order valence-electron chi connectivity index (χ1n) is 12.0. The summed E-state index contributed by atoms with van der Waals surface area (Å²) in [5.74, 6) is 3.86. The Hall–Kier alpha value is -0.600. The van der Waals surface area contributed by atoms with Gasteiger partial charge in [-0.05, 0) is 105 Å². The van der Waals surface area contributed by atoms with Crippen LogP contribution in [0.4, 0.5) is 0 Å². The first-order valence-corrected chi connectivity index (χ1v) is 12.0. The number of hydrogen-bond acceptors (Lipinski definition) is 2. The third-order valence-corrected chi connectivity index (χ3v) is 10.1. The number of hydrogen-bond donors (Lipinski definition) is 0. The van der Waals surface area contributed by atoms with E-state index in [1.165, 1.54) is 70.6 Å². The van der Waals surface area contributed by atoms with Crippen molar-refractivity contribution in [3.05, 3.63) is 25.3 Å². The molecule has 8 fully saturated rings. The van der Waals surface area contributed by atoms with Crippen LogP contribution in [-0.2, 0) is 9.47 Å². The van der Waals surface area contributed by atoms with E-state index in [1.807, 2.05) is 12.2 Å². The summed E-state index contributed by atoms with van der Waals surface area (Å²) in [6, 6.07) is 0. The van der Waals surface area contributed by atoms with Crippen molar-refractivity contribution in [2.75, 3.05) is 13.2 Å². The lowest BCUT2D eigenvalue weighted by Crippen LogP contribution is -2.70. The highest BCUT2D eigenvalue weighted by molar-refractivity contribution is 5.22. The maximum atomic E-state index is 6.66. The van der Waals surface area contributed by atoms with E-state index in [2.05, 4.69) is 13.2 Å². The van der Waals surface area contributed by atoms with Gasteiger partial charge in [-0.25, -0.2) is 0 Å². The molecular weight excluding hydrogens is 344 g/mol. The van der Waals surface area contributed by atoms with Crippen LogP contribution in [0.25, 0.3) is 0 Å². The topological polar surface area (TPSA) is 18.5 Å². The van der Waals surface area contributed by atoms with E-state index in [1.54, 1.807) is 0 Å². The molecule has 154 valence electrons. The highest BCUT2D eigenvalue weighted by Crippen LogP contribution is 2.76. The van der Waals surface area contributed by atoms with Crippen molar-refractivity contribution in [1.82, 2.24) is 0 Å². The minimum absolute atomic E-state index is 0.0398. The third-order valence-electron chi connectivity index (χ3n) is 10.1. The average molecular weight is 383 g/mol. The molecule has 0 aromatic carbocycles. The Morgan fingerprint density at radius 1 is 0.607 bits per heavy atom. The Kier molecular flexibility index (Phi) is 3.88. The van der Waals surface area contributed by atoms with Crippen molar-refractivity contribution in [3.8, 4) is 0 Å². The van der Waals surface area contributed by atoms with E-state index in [0.29, 0.717) is 24.0 Å². The molecule has 2 atom stereocenters. The van der Waals surface area contributed by atoms with Gasteiger partial charge in [0.25, 0.3) is 0 Å². The SMILES string of the molecule is C=CCOC12CC3CC(OCC=C)(C1)CC(C14CC5CC(CC(C5)C1)C4)(C3)C2. The molecule has 2 unspecified atom stereocenters. The van der Waals surface area contributed by atoms with Crippen LogP contribution in [0.1, 0.15) is 77.0 Å². The van der Waals surface area contributed by atoms with Crippen LogP contribution in [-0.4, -0.2) is 24.4 Å². The fraction of sp³-hybridized carbons (Fsp3) is 0.846. The zero-order chi connectivity index (χ0) is 19.0. The van der Waals surface area contributed by atoms with E-state index in [0.717, 1.165) is 30.1 Å². The van der Waals surface area contributed by atoms with Crippen molar-refractivity contribution >= 4 is 0 Å².